The van der Waals surface area contributed by atoms with Crippen molar-refractivity contribution in [3.8, 4) is 6.07 Å². The Labute approximate surface area is 115 Å². The molecule has 19 heavy (non-hydrogen) atoms. The number of pyridine rings is 1. The normalized spacial score (nSPS) is 11.7. The average molecular weight is 276 g/mol. The molecule has 2 rings (SSSR count). The molecular formula is C14H11ClFN3. The summed E-state index contributed by atoms with van der Waals surface area (Å²) in [6, 6.07) is 8.37. The predicted octanol–water partition coefficient (Wildman–Crippen LogP) is 3.92. The van der Waals surface area contributed by atoms with Crippen molar-refractivity contribution in [2.24, 2.45) is 0 Å². The van der Waals surface area contributed by atoms with Crippen LogP contribution in [0.3, 0.4) is 0 Å². The third-order valence-electron chi connectivity index (χ3n) is 2.70. The molecule has 1 atom stereocenters. The van der Waals surface area contributed by atoms with Crippen LogP contribution in [0.4, 0.5) is 10.1 Å². The number of aromatic nitrogens is 1. The predicted molar refractivity (Wildman–Crippen MR) is 72.4 cm³/mol. The summed E-state index contributed by atoms with van der Waals surface area (Å²) < 4.78 is 13.1. The van der Waals surface area contributed by atoms with E-state index in [0.717, 1.165) is 17.4 Å². The van der Waals surface area contributed by atoms with Crippen LogP contribution in [0.25, 0.3) is 0 Å². The summed E-state index contributed by atoms with van der Waals surface area (Å²) in [5, 5.41) is 12.4. The van der Waals surface area contributed by atoms with Crippen molar-refractivity contribution in [3.63, 3.8) is 0 Å². The standard InChI is InChI=1S/C14H11ClFN3/c1-9(11-4-12(16)8-18-7-11)19-13-3-2-10(6-17)14(15)5-13/h2-5,7-9,19H,1H3. The highest BCUT2D eigenvalue weighted by Crippen LogP contribution is 2.24. The van der Waals surface area contributed by atoms with Gasteiger partial charge in [0.05, 0.1) is 22.8 Å². The third kappa shape index (κ3) is 3.21. The maximum atomic E-state index is 13.1. The monoisotopic (exact) mass is 275 g/mol. The quantitative estimate of drug-likeness (QED) is 0.924. The fourth-order valence-electron chi connectivity index (χ4n) is 1.69. The molecule has 0 radical (unpaired) electrons. The summed E-state index contributed by atoms with van der Waals surface area (Å²) in [6.07, 6.45) is 2.76. The Morgan fingerprint density at radius 2 is 2.16 bits per heavy atom. The second-order valence-corrected chi connectivity index (χ2v) is 4.52. The van der Waals surface area contributed by atoms with Gasteiger partial charge in [0.15, 0.2) is 0 Å². The van der Waals surface area contributed by atoms with Crippen LogP contribution in [-0.2, 0) is 0 Å². The molecule has 0 saturated heterocycles. The minimum atomic E-state index is -0.371. The Morgan fingerprint density at radius 3 is 2.79 bits per heavy atom. The SMILES string of the molecule is CC(Nc1ccc(C#N)c(Cl)c1)c1cncc(F)c1. The summed E-state index contributed by atoms with van der Waals surface area (Å²) >= 11 is 5.95. The lowest BCUT2D eigenvalue weighted by atomic mass is 10.1. The molecule has 1 N–H and O–H groups in total. The van der Waals surface area contributed by atoms with Crippen LogP contribution >= 0.6 is 11.6 Å². The van der Waals surface area contributed by atoms with Gasteiger partial charge in [0, 0.05) is 11.9 Å². The molecule has 0 saturated carbocycles. The number of benzene rings is 1. The number of nitriles is 1. The van der Waals surface area contributed by atoms with Crippen LogP contribution < -0.4 is 5.32 Å². The lowest BCUT2D eigenvalue weighted by Crippen LogP contribution is -2.07. The molecular weight excluding hydrogens is 265 g/mol. The molecule has 0 aliphatic carbocycles. The van der Waals surface area contributed by atoms with Crippen molar-refractivity contribution >= 4 is 17.3 Å². The summed E-state index contributed by atoms with van der Waals surface area (Å²) in [6.45, 7) is 1.89. The van der Waals surface area contributed by atoms with E-state index in [0.29, 0.717) is 10.6 Å². The number of halogens is 2. The summed E-state index contributed by atoms with van der Waals surface area (Å²) in [4.78, 5) is 3.81. The molecule has 0 spiro atoms. The van der Waals surface area contributed by atoms with Gasteiger partial charge in [-0.2, -0.15) is 5.26 Å². The van der Waals surface area contributed by atoms with Gasteiger partial charge in [-0.3, -0.25) is 4.98 Å². The maximum Gasteiger partial charge on any atom is 0.141 e. The number of nitrogens with one attached hydrogen (secondary N) is 1. The smallest absolute Gasteiger partial charge is 0.141 e. The summed E-state index contributed by atoms with van der Waals surface area (Å²) in [5.41, 5.74) is 1.92. The summed E-state index contributed by atoms with van der Waals surface area (Å²) in [7, 11) is 0. The topological polar surface area (TPSA) is 48.7 Å². The van der Waals surface area contributed by atoms with Crippen LogP contribution in [0.2, 0.25) is 5.02 Å². The molecule has 1 heterocycles. The first-order chi connectivity index (χ1) is 9.10. The number of hydrogen-bond donors (Lipinski definition) is 1. The van der Waals surface area contributed by atoms with Crippen molar-refractivity contribution in [2.45, 2.75) is 13.0 Å². The van der Waals surface area contributed by atoms with Crippen molar-refractivity contribution < 1.29 is 4.39 Å². The Balaban J connectivity index is 2.17. The lowest BCUT2D eigenvalue weighted by Gasteiger charge is -2.15. The molecule has 3 nitrogen and oxygen atoms in total. The van der Waals surface area contributed by atoms with Crippen LogP contribution in [0.15, 0.2) is 36.7 Å². The largest absolute Gasteiger partial charge is 0.378 e. The van der Waals surface area contributed by atoms with Gasteiger partial charge in [-0.15, -0.1) is 0 Å². The Morgan fingerprint density at radius 1 is 1.37 bits per heavy atom. The van der Waals surface area contributed by atoms with Gasteiger partial charge in [-0.1, -0.05) is 11.6 Å². The molecule has 96 valence electrons. The third-order valence-corrected chi connectivity index (χ3v) is 3.01. The number of nitrogens with zero attached hydrogens (tertiary/aromatic N) is 2. The van der Waals surface area contributed by atoms with E-state index in [4.69, 9.17) is 16.9 Å². The second-order valence-electron chi connectivity index (χ2n) is 4.11. The zero-order valence-electron chi connectivity index (χ0n) is 10.2. The molecule has 2 aromatic rings. The first-order valence-electron chi connectivity index (χ1n) is 5.67. The van der Waals surface area contributed by atoms with E-state index in [2.05, 4.69) is 10.3 Å². The average Bonchev–Trinajstić information content (AvgIpc) is 2.39. The van der Waals surface area contributed by atoms with E-state index >= 15 is 0 Å². The highest BCUT2D eigenvalue weighted by molar-refractivity contribution is 6.32. The molecule has 1 aromatic heterocycles. The Bertz CT molecular complexity index is 637. The fourth-order valence-corrected chi connectivity index (χ4v) is 1.92. The molecule has 0 aliphatic heterocycles. The molecule has 0 bridgehead atoms. The lowest BCUT2D eigenvalue weighted by molar-refractivity contribution is 0.616. The van der Waals surface area contributed by atoms with E-state index in [9.17, 15) is 4.39 Å². The number of anilines is 1. The molecule has 0 amide bonds. The van der Waals surface area contributed by atoms with Crippen molar-refractivity contribution in [2.75, 3.05) is 5.32 Å². The summed E-state index contributed by atoms with van der Waals surface area (Å²) in [5.74, 6) is -0.371. The van der Waals surface area contributed by atoms with Gasteiger partial charge in [0.25, 0.3) is 0 Å². The Kier molecular flexibility index (Phi) is 3.98. The molecule has 5 heteroatoms. The molecule has 0 fully saturated rings. The zero-order valence-corrected chi connectivity index (χ0v) is 10.9. The van der Waals surface area contributed by atoms with E-state index < -0.39 is 0 Å². The number of rotatable bonds is 3. The first-order valence-corrected chi connectivity index (χ1v) is 6.04. The fraction of sp³-hybridized carbons (Fsp3) is 0.143. The minimum absolute atomic E-state index is 0.118. The van der Waals surface area contributed by atoms with Crippen molar-refractivity contribution in [1.82, 2.24) is 4.98 Å². The van der Waals surface area contributed by atoms with Gasteiger partial charge < -0.3 is 5.32 Å². The Hall–Kier alpha value is -2.12. The van der Waals surface area contributed by atoms with E-state index in [1.54, 1.807) is 24.4 Å². The van der Waals surface area contributed by atoms with E-state index in [1.165, 1.54) is 6.07 Å². The van der Waals surface area contributed by atoms with Gasteiger partial charge >= 0.3 is 0 Å². The van der Waals surface area contributed by atoms with Gasteiger partial charge in [0.1, 0.15) is 11.9 Å². The van der Waals surface area contributed by atoms with Crippen LogP contribution in [0.1, 0.15) is 24.1 Å². The minimum Gasteiger partial charge on any atom is -0.378 e. The highest BCUT2D eigenvalue weighted by Gasteiger charge is 2.08. The van der Waals surface area contributed by atoms with Gasteiger partial charge in [0.2, 0.25) is 0 Å². The van der Waals surface area contributed by atoms with Gasteiger partial charge in [-0.25, -0.2) is 4.39 Å². The second kappa shape index (κ2) is 5.68. The van der Waals surface area contributed by atoms with Crippen molar-refractivity contribution in [1.29, 1.82) is 5.26 Å². The highest BCUT2D eigenvalue weighted by atomic mass is 35.5. The van der Waals surface area contributed by atoms with Crippen LogP contribution in [-0.4, -0.2) is 4.98 Å². The van der Waals surface area contributed by atoms with E-state index in [1.807, 2.05) is 13.0 Å². The molecule has 0 aliphatic rings. The van der Waals surface area contributed by atoms with Crippen LogP contribution in [0.5, 0.6) is 0 Å². The van der Waals surface area contributed by atoms with Crippen molar-refractivity contribution in [3.05, 3.63) is 58.6 Å². The zero-order chi connectivity index (χ0) is 13.8. The first kappa shape index (κ1) is 13.3. The van der Waals surface area contributed by atoms with Crippen LogP contribution in [0, 0.1) is 17.1 Å². The molecule has 1 unspecified atom stereocenters. The maximum absolute atomic E-state index is 13.1. The molecule has 1 aromatic carbocycles. The van der Waals surface area contributed by atoms with Gasteiger partial charge in [-0.05, 0) is 36.8 Å². The van der Waals surface area contributed by atoms with E-state index in [-0.39, 0.29) is 11.9 Å². The number of hydrogen-bond acceptors (Lipinski definition) is 3.